The number of aromatic nitrogens is 1. The smallest absolute Gasteiger partial charge is 0.309 e. The average Bonchev–Trinajstić information content (AvgIpc) is 3.14. The Labute approximate surface area is 167 Å². The summed E-state index contributed by atoms with van der Waals surface area (Å²) in [5, 5.41) is 4.68. The molecule has 1 aliphatic rings. The van der Waals surface area contributed by atoms with Crippen molar-refractivity contribution in [1.29, 1.82) is 0 Å². The number of esters is 1. The van der Waals surface area contributed by atoms with Gasteiger partial charge in [0, 0.05) is 44.4 Å². The maximum absolute atomic E-state index is 11.9. The third-order valence-electron chi connectivity index (χ3n) is 5.25. The number of piperidine rings is 1. The van der Waals surface area contributed by atoms with Gasteiger partial charge >= 0.3 is 5.97 Å². The number of benzene rings is 1. The van der Waals surface area contributed by atoms with Gasteiger partial charge in [0.05, 0.1) is 12.5 Å². The number of nitrogens with zero attached hydrogens (tertiary/aromatic N) is 3. The lowest BCUT2D eigenvalue weighted by Crippen LogP contribution is -2.46. The molecule has 1 aliphatic heterocycles. The number of fused-ring (bicyclic) bond motifs is 1. The van der Waals surface area contributed by atoms with E-state index in [0.717, 1.165) is 57.9 Å². The van der Waals surface area contributed by atoms with Crippen molar-refractivity contribution in [3.63, 3.8) is 0 Å². The first kappa shape index (κ1) is 20.2. The minimum absolute atomic E-state index is 0.0288. The molecule has 0 atom stereocenters. The largest absolute Gasteiger partial charge is 0.466 e. The normalized spacial score (nSPS) is 15.8. The number of carbonyl (C=O) groups is 1. The van der Waals surface area contributed by atoms with E-state index in [9.17, 15) is 4.79 Å². The fraction of sp³-hybridized carbons (Fsp3) is 0.545. The number of rotatable bonds is 7. The summed E-state index contributed by atoms with van der Waals surface area (Å²) in [5.74, 6) is 0.936. The van der Waals surface area contributed by atoms with Crippen molar-refractivity contribution in [2.45, 2.75) is 39.7 Å². The number of aliphatic imine (C=N–C) groups is 1. The lowest BCUT2D eigenvalue weighted by molar-refractivity contribution is -0.149. The molecule has 0 spiro atoms. The lowest BCUT2D eigenvalue weighted by Gasteiger charge is -2.33. The van der Waals surface area contributed by atoms with E-state index < -0.39 is 0 Å². The number of likely N-dealkylation sites (tertiary alicyclic amines) is 1. The SMILES string of the molecule is CCNC(=NCCCn1ccc2ccccc21)N1CCC(C(=O)OCC)CC1. The summed E-state index contributed by atoms with van der Waals surface area (Å²) in [7, 11) is 0. The molecule has 6 heteroatoms. The van der Waals surface area contributed by atoms with Crippen LogP contribution in [0.5, 0.6) is 0 Å². The Morgan fingerprint density at radius 2 is 2.00 bits per heavy atom. The summed E-state index contributed by atoms with van der Waals surface area (Å²) < 4.78 is 7.46. The topological polar surface area (TPSA) is 58.9 Å². The third kappa shape index (κ3) is 5.06. The first-order valence-corrected chi connectivity index (χ1v) is 10.5. The highest BCUT2D eigenvalue weighted by molar-refractivity contribution is 5.81. The summed E-state index contributed by atoms with van der Waals surface area (Å²) in [4.78, 5) is 19.0. The molecular formula is C22H32N4O2. The van der Waals surface area contributed by atoms with Crippen molar-refractivity contribution in [2.75, 3.05) is 32.8 Å². The number of nitrogens with one attached hydrogen (secondary N) is 1. The van der Waals surface area contributed by atoms with Gasteiger partial charge in [0.15, 0.2) is 5.96 Å². The van der Waals surface area contributed by atoms with Crippen LogP contribution in [0.1, 0.15) is 33.1 Å². The van der Waals surface area contributed by atoms with Crippen LogP contribution in [0, 0.1) is 5.92 Å². The summed E-state index contributed by atoms with van der Waals surface area (Å²) in [6, 6.07) is 10.6. The lowest BCUT2D eigenvalue weighted by atomic mass is 9.97. The molecule has 28 heavy (non-hydrogen) atoms. The monoisotopic (exact) mass is 384 g/mol. The van der Waals surface area contributed by atoms with E-state index in [1.807, 2.05) is 6.92 Å². The fourth-order valence-electron chi connectivity index (χ4n) is 3.77. The zero-order valence-electron chi connectivity index (χ0n) is 17.1. The van der Waals surface area contributed by atoms with Crippen LogP contribution < -0.4 is 5.32 Å². The molecule has 0 aliphatic carbocycles. The number of ether oxygens (including phenoxy) is 1. The predicted molar refractivity (Wildman–Crippen MR) is 113 cm³/mol. The Morgan fingerprint density at radius 3 is 2.75 bits per heavy atom. The molecule has 152 valence electrons. The van der Waals surface area contributed by atoms with Crippen molar-refractivity contribution in [3.05, 3.63) is 36.5 Å². The van der Waals surface area contributed by atoms with Crippen LogP contribution in [0.2, 0.25) is 0 Å². The summed E-state index contributed by atoms with van der Waals surface area (Å²) in [6.45, 7) is 8.69. The Hall–Kier alpha value is -2.50. The van der Waals surface area contributed by atoms with Crippen LogP contribution in [0.15, 0.2) is 41.5 Å². The van der Waals surface area contributed by atoms with E-state index in [0.29, 0.717) is 6.61 Å². The predicted octanol–water partition coefficient (Wildman–Crippen LogP) is 3.27. The highest BCUT2D eigenvalue weighted by atomic mass is 16.5. The second-order valence-electron chi connectivity index (χ2n) is 7.17. The van der Waals surface area contributed by atoms with Gasteiger partial charge in [-0.05, 0) is 50.6 Å². The summed E-state index contributed by atoms with van der Waals surface area (Å²) >= 11 is 0. The molecule has 0 amide bonds. The zero-order valence-corrected chi connectivity index (χ0v) is 17.1. The third-order valence-corrected chi connectivity index (χ3v) is 5.25. The van der Waals surface area contributed by atoms with Gasteiger partial charge in [0.2, 0.25) is 0 Å². The fourth-order valence-corrected chi connectivity index (χ4v) is 3.77. The molecule has 1 aromatic heterocycles. The molecule has 3 rings (SSSR count). The maximum Gasteiger partial charge on any atom is 0.309 e. The van der Waals surface area contributed by atoms with Crippen LogP contribution in [0.3, 0.4) is 0 Å². The van der Waals surface area contributed by atoms with Crippen molar-refractivity contribution in [3.8, 4) is 0 Å². The number of para-hydroxylation sites is 1. The van der Waals surface area contributed by atoms with Crippen LogP contribution >= 0.6 is 0 Å². The van der Waals surface area contributed by atoms with Gasteiger partial charge in [-0.2, -0.15) is 0 Å². The first-order chi connectivity index (χ1) is 13.7. The van der Waals surface area contributed by atoms with Crippen LogP contribution in [-0.2, 0) is 16.1 Å². The van der Waals surface area contributed by atoms with Crippen LogP contribution in [0.4, 0.5) is 0 Å². The molecule has 1 N–H and O–H groups in total. The Balaban J connectivity index is 1.51. The molecule has 1 saturated heterocycles. The van der Waals surface area contributed by atoms with E-state index in [4.69, 9.17) is 9.73 Å². The molecule has 1 aromatic carbocycles. The van der Waals surface area contributed by atoms with Gasteiger partial charge in [-0.15, -0.1) is 0 Å². The van der Waals surface area contributed by atoms with Gasteiger partial charge in [0.25, 0.3) is 0 Å². The highest BCUT2D eigenvalue weighted by Gasteiger charge is 2.27. The highest BCUT2D eigenvalue weighted by Crippen LogP contribution is 2.19. The average molecular weight is 385 g/mol. The first-order valence-electron chi connectivity index (χ1n) is 10.5. The molecule has 0 radical (unpaired) electrons. The van der Waals surface area contributed by atoms with Gasteiger partial charge in [-0.3, -0.25) is 9.79 Å². The van der Waals surface area contributed by atoms with Gasteiger partial charge in [0.1, 0.15) is 0 Å². The van der Waals surface area contributed by atoms with E-state index >= 15 is 0 Å². The van der Waals surface area contributed by atoms with Crippen molar-refractivity contribution in [2.24, 2.45) is 10.9 Å². The zero-order chi connectivity index (χ0) is 19.8. The van der Waals surface area contributed by atoms with E-state index in [1.54, 1.807) is 0 Å². The van der Waals surface area contributed by atoms with Crippen molar-refractivity contribution >= 4 is 22.8 Å². The minimum atomic E-state index is -0.0527. The standard InChI is InChI=1S/C22H32N4O2/c1-3-23-22(26-16-11-19(12-17-26)21(27)28-4-2)24-13-7-14-25-15-10-18-8-5-6-9-20(18)25/h5-6,8-10,15,19H,3-4,7,11-14,16-17H2,1-2H3,(H,23,24). The molecule has 0 bridgehead atoms. The van der Waals surface area contributed by atoms with Crippen molar-refractivity contribution < 1.29 is 9.53 Å². The summed E-state index contributed by atoms with van der Waals surface area (Å²) in [5.41, 5.74) is 1.28. The quantitative estimate of drug-likeness (QED) is 0.344. The Morgan fingerprint density at radius 1 is 1.21 bits per heavy atom. The van der Waals surface area contributed by atoms with E-state index in [1.165, 1.54) is 10.9 Å². The minimum Gasteiger partial charge on any atom is -0.466 e. The molecule has 2 aromatic rings. The summed E-state index contributed by atoms with van der Waals surface area (Å²) in [6.07, 6.45) is 4.81. The number of aryl methyl sites for hydroxylation is 1. The number of carbonyl (C=O) groups excluding carboxylic acids is 1. The second kappa shape index (κ2) is 10.2. The molecule has 6 nitrogen and oxygen atoms in total. The van der Waals surface area contributed by atoms with E-state index in [2.05, 4.69) is 58.2 Å². The Kier molecular flexibility index (Phi) is 7.34. The Bertz CT molecular complexity index is 791. The number of hydrogen-bond acceptors (Lipinski definition) is 3. The molecule has 0 saturated carbocycles. The second-order valence-corrected chi connectivity index (χ2v) is 7.17. The number of guanidine groups is 1. The van der Waals surface area contributed by atoms with Gasteiger partial charge < -0.3 is 19.5 Å². The number of hydrogen-bond donors (Lipinski definition) is 1. The molecule has 0 unspecified atom stereocenters. The van der Waals surface area contributed by atoms with Gasteiger partial charge in [-0.25, -0.2) is 0 Å². The molecule has 1 fully saturated rings. The maximum atomic E-state index is 11.9. The van der Waals surface area contributed by atoms with Crippen LogP contribution in [-0.4, -0.2) is 54.2 Å². The molecular weight excluding hydrogens is 352 g/mol. The molecule has 2 heterocycles. The van der Waals surface area contributed by atoms with Crippen molar-refractivity contribution in [1.82, 2.24) is 14.8 Å². The van der Waals surface area contributed by atoms with E-state index in [-0.39, 0.29) is 11.9 Å². The van der Waals surface area contributed by atoms with Crippen LogP contribution in [0.25, 0.3) is 10.9 Å². The van der Waals surface area contributed by atoms with Gasteiger partial charge in [-0.1, -0.05) is 18.2 Å².